The first-order chi connectivity index (χ1) is 24.6. The number of piperazine rings is 1. The fraction of sp³-hybridized carbons (Fsp3) is 0.395. The summed E-state index contributed by atoms with van der Waals surface area (Å²) in [4.78, 5) is 26.9. The highest BCUT2D eigenvalue weighted by atomic mass is 32.2. The maximum atomic E-state index is 13.2. The molecule has 2 unspecified atom stereocenters. The molecule has 5 heterocycles. The number of hydrogen-bond acceptors (Lipinski definition) is 10. The van der Waals surface area contributed by atoms with Gasteiger partial charge >= 0.3 is 6.09 Å². The molecule has 3 atom stereocenters. The minimum atomic E-state index is -0.407. The van der Waals surface area contributed by atoms with Gasteiger partial charge in [-0.25, -0.2) is 14.5 Å². The van der Waals surface area contributed by atoms with E-state index in [1.54, 1.807) is 4.90 Å². The third kappa shape index (κ3) is 6.20. The second kappa shape index (κ2) is 14.2. The summed E-state index contributed by atoms with van der Waals surface area (Å²) in [6, 6.07) is 22.3. The van der Waals surface area contributed by atoms with E-state index in [0.29, 0.717) is 30.7 Å². The Hall–Kier alpha value is -4.86. The molecule has 0 radical (unpaired) electrons. The van der Waals surface area contributed by atoms with E-state index in [0.717, 1.165) is 82.9 Å². The molecular formula is C38H39N7O4S. The third-order valence-corrected chi connectivity index (χ3v) is 10.5. The summed E-state index contributed by atoms with van der Waals surface area (Å²) in [6.07, 6.45) is 8.14. The molecule has 0 saturated carbocycles. The number of carbonyl (C=O) groups is 1. The van der Waals surface area contributed by atoms with Crippen molar-refractivity contribution in [1.29, 1.82) is 5.26 Å². The Morgan fingerprint density at radius 2 is 1.96 bits per heavy atom. The van der Waals surface area contributed by atoms with Gasteiger partial charge in [0.25, 0.3) is 0 Å². The molecule has 12 heteroatoms. The van der Waals surface area contributed by atoms with Crippen LogP contribution in [0.15, 0.2) is 72.0 Å². The number of thioether (sulfide) groups is 1. The smallest absolute Gasteiger partial charge is 0.410 e. The average molecular weight is 690 g/mol. The van der Waals surface area contributed by atoms with Crippen LogP contribution in [0.5, 0.6) is 5.88 Å². The highest BCUT2D eigenvalue weighted by Gasteiger charge is 2.36. The Kier molecular flexibility index (Phi) is 9.17. The number of fused-ring (bicyclic) bond motifs is 4. The second-order valence-electron chi connectivity index (χ2n) is 13.0. The largest absolute Gasteiger partial charge is 0.469 e. The molecular weight excluding hydrogens is 651 g/mol. The van der Waals surface area contributed by atoms with Crippen molar-refractivity contribution in [3.8, 4) is 11.9 Å². The summed E-state index contributed by atoms with van der Waals surface area (Å²) in [5.41, 5.74) is 4.06. The van der Waals surface area contributed by atoms with Gasteiger partial charge in [-0.3, -0.25) is 0 Å². The Morgan fingerprint density at radius 1 is 1.06 bits per heavy atom. The Balaban J connectivity index is 1.06. The molecule has 0 aliphatic carbocycles. The van der Waals surface area contributed by atoms with Crippen LogP contribution in [0.1, 0.15) is 61.1 Å². The summed E-state index contributed by atoms with van der Waals surface area (Å²) in [5, 5.41) is 18.5. The highest BCUT2D eigenvalue weighted by Crippen LogP contribution is 2.42. The van der Waals surface area contributed by atoms with Crippen molar-refractivity contribution in [2.24, 2.45) is 0 Å². The predicted molar refractivity (Wildman–Crippen MR) is 191 cm³/mol. The van der Waals surface area contributed by atoms with Crippen LogP contribution in [-0.2, 0) is 22.5 Å². The zero-order chi connectivity index (χ0) is 34.0. The van der Waals surface area contributed by atoms with E-state index in [-0.39, 0.29) is 31.4 Å². The van der Waals surface area contributed by atoms with E-state index < -0.39 is 6.09 Å². The molecule has 0 N–H and O–H groups in total. The lowest BCUT2D eigenvalue weighted by Crippen LogP contribution is -2.55. The molecule has 256 valence electrons. The van der Waals surface area contributed by atoms with Crippen LogP contribution in [0.3, 0.4) is 0 Å². The summed E-state index contributed by atoms with van der Waals surface area (Å²) in [7, 11) is 0. The minimum absolute atomic E-state index is 0.0432. The van der Waals surface area contributed by atoms with Crippen LogP contribution in [0.25, 0.3) is 21.7 Å². The van der Waals surface area contributed by atoms with Crippen LogP contribution in [0.4, 0.5) is 10.6 Å². The first-order valence-corrected chi connectivity index (χ1v) is 18.5. The highest BCUT2D eigenvalue weighted by molar-refractivity contribution is 7.98. The Bertz CT molecular complexity index is 2060. The van der Waals surface area contributed by atoms with Gasteiger partial charge in [0.15, 0.2) is 11.4 Å². The maximum Gasteiger partial charge on any atom is 0.410 e. The topological polar surface area (TPSA) is 119 Å². The third-order valence-electron chi connectivity index (χ3n) is 10.00. The molecule has 2 fully saturated rings. The lowest BCUT2D eigenvalue weighted by Gasteiger charge is -2.41. The maximum absolute atomic E-state index is 13.2. The molecule has 11 nitrogen and oxygen atoms in total. The van der Waals surface area contributed by atoms with Gasteiger partial charge in [0.1, 0.15) is 18.5 Å². The molecule has 0 bridgehead atoms. The number of nitrogens with zero attached hydrogens (tertiary/aromatic N) is 7. The first kappa shape index (κ1) is 32.4. The number of rotatable bonds is 7. The van der Waals surface area contributed by atoms with Crippen molar-refractivity contribution in [1.82, 2.24) is 24.6 Å². The summed E-state index contributed by atoms with van der Waals surface area (Å²) in [5.74, 6) is 1.40. The SMILES string of the molecule is CSc1nc2c(c(N3CCN(C(=O)OCc4ccccc4)[C@@H](CC#N)C3)n1)CCC(c1cccc3ccc4c(cnn4C4CCCCO4)c13)O2. The normalized spacial score (nSPS) is 20.7. The van der Waals surface area contributed by atoms with Crippen molar-refractivity contribution in [2.45, 2.75) is 68.7 Å². The van der Waals surface area contributed by atoms with Gasteiger partial charge in [0.05, 0.1) is 35.8 Å². The predicted octanol–water partition coefficient (Wildman–Crippen LogP) is 7.21. The van der Waals surface area contributed by atoms with Gasteiger partial charge < -0.3 is 24.0 Å². The van der Waals surface area contributed by atoms with Crippen LogP contribution >= 0.6 is 11.8 Å². The van der Waals surface area contributed by atoms with Crippen LogP contribution < -0.4 is 9.64 Å². The molecule has 2 saturated heterocycles. The summed E-state index contributed by atoms with van der Waals surface area (Å²) in [6.45, 7) is 2.39. The number of hydrogen-bond donors (Lipinski definition) is 0. The van der Waals surface area contributed by atoms with Gasteiger partial charge in [0, 0.05) is 37.2 Å². The number of anilines is 1. The molecule has 3 aliphatic rings. The Labute approximate surface area is 295 Å². The molecule has 8 rings (SSSR count). The van der Waals surface area contributed by atoms with E-state index in [9.17, 15) is 10.1 Å². The van der Waals surface area contributed by atoms with Gasteiger partial charge in [0.2, 0.25) is 5.88 Å². The van der Waals surface area contributed by atoms with Crippen molar-refractivity contribution in [3.05, 3.63) is 83.6 Å². The van der Waals surface area contributed by atoms with Crippen molar-refractivity contribution in [3.63, 3.8) is 0 Å². The van der Waals surface area contributed by atoms with Gasteiger partial charge in [-0.1, -0.05) is 66.4 Å². The number of amides is 1. The first-order valence-electron chi connectivity index (χ1n) is 17.3. The van der Waals surface area contributed by atoms with E-state index in [1.165, 1.54) is 11.8 Å². The number of benzene rings is 3. The van der Waals surface area contributed by atoms with Gasteiger partial charge in [-0.15, -0.1) is 0 Å². The molecule has 50 heavy (non-hydrogen) atoms. The zero-order valence-electron chi connectivity index (χ0n) is 28.0. The van der Waals surface area contributed by atoms with Crippen LogP contribution in [0.2, 0.25) is 0 Å². The molecule has 3 aromatic carbocycles. The second-order valence-corrected chi connectivity index (χ2v) is 13.8. The summed E-state index contributed by atoms with van der Waals surface area (Å²) < 4.78 is 20.6. The molecule has 5 aromatic rings. The van der Waals surface area contributed by atoms with Crippen molar-refractivity contribution >= 4 is 45.3 Å². The van der Waals surface area contributed by atoms with Crippen molar-refractivity contribution in [2.75, 3.05) is 37.4 Å². The molecule has 3 aliphatic heterocycles. The zero-order valence-corrected chi connectivity index (χ0v) is 28.8. The number of carbonyl (C=O) groups excluding carboxylic acids is 1. The number of nitriles is 1. The monoisotopic (exact) mass is 689 g/mol. The lowest BCUT2D eigenvalue weighted by molar-refractivity contribution is -0.0366. The van der Waals surface area contributed by atoms with E-state index in [4.69, 9.17) is 29.3 Å². The number of aromatic nitrogens is 4. The fourth-order valence-corrected chi connectivity index (χ4v) is 7.86. The van der Waals surface area contributed by atoms with Crippen LogP contribution in [0, 0.1) is 11.3 Å². The lowest BCUT2D eigenvalue weighted by atomic mass is 9.93. The average Bonchev–Trinajstić information content (AvgIpc) is 3.61. The Morgan fingerprint density at radius 3 is 2.78 bits per heavy atom. The summed E-state index contributed by atoms with van der Waals surface area (Å²) >= 11 is 1.47. The molecule has 1 amide bonds. The van der Waals surface area contributed by atoms with Gasteiger partial charge in [-0.2, -0.15) is 15.3 Å². The van der Waals surface area contributed by atoms with Crippen molar-refractivity contribution < 1.29 is 19.0 Å². The standard InChI is InChI=1S/C38H39N7O4S/c1-50-37-41-35(43-19-20-44(27(23-43)17-18-39)38(46)48-24-25-8-3-2-4-9-25)29-14-16-32(49-36(29)42-37)28-11-7-10-26-13-15-31-30(34(26)28)22-40-45(31)33-12-5-6-21-47-33/h2-4,7-11,13,15,22,27,32-33H,5-6,12,14,16-17,19-21,23-24H2,1H3/t27-,32?,33?/m0/s1. The van der Waals surface area contributed by atoms with Crippen LogP contribution in [-0.4, -0.2) is 69.3 Å². The van der Waals surface area contributed by atoms with E-state index in [2.05, 4.69) is 41.3 Å². The van der Waals surface area contributed by atoms with Gasteiger partial charge in [-0.05, 0) is 60.8 Å². The quantitative estimate of drug-likeness (QED) is 0.128. The molecule has 0 spiro atoms. The number of ether oxygens (including phenoxy) is 3. The fourth-order valence-electron chi connectivity index (χ4n) is 7.51. The minimum Gasteiger partial charge on any atom is -0.469 e. The van der Waals surface area contributed by atoms with E-state index in [1.807, 2.05) is 47.5 Å². The van der Waals surface area contributed by atoms with E-state index >= 15 is 0 Å². The molecule has 2 aromatic heterocycles.